The molecule has 0 radical (unpaired) electrons. The van der Waals surface area contributed by atoms with Crippen molar-refractivity contribution in [2.24, 2.45) is 0 Å². The van der Waals surface area contributed by atoms with E-state index in [9.17, 15) is 0 Å². The number of halogens is 1. The summed E-state index contributed by atoms with van der Waals surface area (Å²) in [5.41, 5.74) is 2.11. The minimum atomic E-state index is 0.0453. The largest absolute Gasteiger partial charge is 0.392 e. The lowest BCUT2D eigenvalue weighted by molar-refractivity contribution is 0.281. The fourth-order valence-corrected chi connectivity index (χ4v) is 1.43. The predicted molar refractivity (Wildman–Crippen MR) is 56.1 cm³/mol. The Hall–Kier alpha value is -0.530. The van der Waals surface area contributed by atoms with Crippen molar-refractivity contribution in [2.75, 3.05) is 0 Å². The van der Waals surface area contributed by atoms with Gasteiger partial charge in [0, 0.05) is 5.02 Å². The van der Waals surface area contributed by atoms with Gasteiger partial charge in [0.15, 0.2) is 0 Å². The van der Waals surface area contributed by atoms with Gasteiger partial charge in [-0.15, -0.1) is 0 Å². The van der Waals surface area contributed by atoms with Crippen LogP contribution in [0.2, 0.25) is 5.02 Å². The van der Waals surface area contributed by atoms with E-state index in [1.807, 2.05) is 12.1 Å². The van der Waals surface area contributed by atoms with Crippen LogP contribution in [-0.2, 0) is 12.0 Å². The summed E-state index contributed by atoms with van der Waals surface area (Å²) in [6.07, 6.45) is 0. The molecule has 0 spiro atoms. The molecule has 0 amide bonds. The Morgan fingerprint density at radius 3 is 2.31 bits per heavy atom. The van der Waals surface area contributed by atoms with Crippen molar-refractivity contribution < 1.29 is 5.11 Å². The van der Waals surface area contributed by atoms with Gasteiger partial charge < -0.3 is 5.11 Å². The summed E-state index contributed by atoms with van der Waals surface area (Å²) in [4.78, 5) is 0. The van der Waals surface area contributed by atoms with Gasteiger partial charge in [-0.3, -0.25) is 0 Å². The number of benzene rings is 1. The minimum Gasteiger partial charge on any atom is -0.392 e. The molecule has 0 atom stereocenters. The van der Waals surface area contributed by atoms with Crippen molar-refractivity contribution in [2.45, 2.75) is 32.8 Å². The molecule has 0 aliphatic rings. The van der Waals surface area contributed by atoms with Crippen LogP contribution in [0.25, 0.3) is 0 Å². The molecule has 0 saturated carbocycles. The number of aliphatic hydroxyl groups excluding tert-OH is 1. The second-order valence-electron chi connectivity index (χ2n) is 4.26. The molecule has 1 aromatic rings. The molecule has 0 aliphatic carbocycles. The molecule has 0 saturated heterocycles. The normalized spacial score (nSPS) is 11.8. The molecule has 0 unspecified atom stereocenters. The van der Waals surface area contributed by atoms with Crippen molar-refractivity contribution in [3.8, 4) is 0 Å². The van der Waals surface area contributed by atoms with Crippen molar-refractivity contribution >= 4 is 11.6 Å². The molecular formula is C11H15ClO. The Labute approximate surface area is 84.4 Å². The highest BCUT2D eigenvalue weighted by atomic mass is 35.5. The van der Waals surface area contributed by atoms with Crippen molar-refractivity contribution in [1.82, 2.24) is 0 Å². The molecule has 0 heterocycles. The second kappa shape index (κ2) is 3.69. The molecule has 0 bridgehead atoms. The SMILES string of the molecule is CC(C)(C)c1cc(Cl)cc(CO)c1. The quantitative estimate of drug-likeness (QED) is 0.735. The van der Waals surface area contributed by atoms with Gasteiger partial charge in [-0.1, -0.05) is 38.4 Å². The lowest BCUT2D eigenvalue weighted by atomic mass is 9.86. The summed E-state index contributed by atoms with van der Waals surface area (Å²) in [5, 5.41) is 9.68. The summed E-state index contributed by atoms with van der Waals surface area (Å²) < 4.78 is 0. The lowest BCUT2D eigenvalue weighted by Gasteiger charge is -2.20. The monoisotopic (exact) mass is 198 g/mol. The fourth-order valence-electron chi connectivity index (χ4n) is 1.17. The summed E-state index contributed by atoms with van der Waals surface area (Å²) >= 11 is 5.92. The third-order valence-electron chi connectivity index (χ3n) is 2.01. The van der Waals surface area contributed by atoms with E-state index < -0.39 is 0 Å². The van der Waals surface area contributed by atoms with Crippen LogP contribution in [0.5, 0.6) is 0 Å². The van der Waals surface area contributed by atoms with Crippen LogP contribution in [0.1, 0.15) is 31.9 Å². The number of hydrogen-bond acceptors (Lipinski definition) is 1. The zero-order valence-corrected chi connectivity index (χ0v) is 9.02. The van der Waals surface area contributed by atoms with E-state index in [2.05, 4.69) is 20.8 Å². The Kier molecular flexibility index (Phi) is 2.99. The smallest absolute Gasteiger partial charge is 0.0682 e. The maximum atomic E-state index is 8.99. The first-order valence-corrected chi connectivity index (χ1v) is 4.72. The lowest BCUT2D eigenvalue weighted by Crippen LogP contribution is -2.11. The molecule has 13 heavy (non-hydrogen) atoms. The molecule has 1 nitrogen and oxygen atoms in total. The van der Waals surface area contributed by atoms with E-state index in [0.717, 1.165) is 11.1 Å². The average molecular weight is 199 g/mol. The molecule has 0 aliphatic heterocycles. The maximum Gasteiger partial charge on any atom is 0.0682 e. The fraction of sp³-hybridized carbons (Fsp3) is 0.455. The Balaban J connectivity index is 3.16. The van der Waals surface area contributed by atoms with Crippen LogP contribution in [0.3, 0.4) is 0 Å². The first kappa shape index (κ1) is 10.6. The minimum absolute atomic E-state index is 0.0453. The summed E-state index contributed by atoms with van der Waals surface area (Å²) in [5.74, 6) is 0. The third-order valence-corrected chi connectivity index (χ3v) is 2.22. The first-order valence-electron chi connectivity index (χ1n) is 4.34. The first-order chi connectivity index (χ1) is 5.93. The average Bonchev–Trinajstić information content (AvgIpc) is 2.01. The highest BCUT2D eigenvalue weighted by Gasteiger charge is 2.14. The molecule has 1 aromatic carbocycles. The summed E-state index contributed by atoms with van der Waals surface area (Å²) in [6.45, 7) is 6.42. The zero-order valence-electron chi connectivity index (χ0n) is 8.26. The van der Waals surface area contributed by atoms with Gasteiger partial charge in [-0.05, 0) is 28.7 Å². The van der Waals surface area contributed by atoms with Gasteiger partial charge in [-0.25, -0.2) is 0 Å². The Bertz CT molecular complexity index is 299. The van der Waals surface area contributed by atoms with Crippen LogP contribution in [-0.4, -0.2) is 5.11 Å². The van der Waals surface area contributed by atoms with E-state index in [1.165, 1.54) is 0 Å². The van der Waals surface area contributed by atoms with Gasteiger partial charge in [0.05, 0.1) is 6.61 Å². The van der Waals surface area contributed by atoms with Crippen LogP contribution in [0, 0.1) is 0 Å². The summed E-state index contributed by atoms with van der Waals surface area (Å²) in [7, 11) is 0. The molecular weight excluding hydrogens is 184 g/mol. The third kappa shape index (κ3) is 2.71. The number of hydrogen-bond donors (Lipinski definition) is 1. The van der Waals surface area contributed by atoms with Crippen molar-refractivity contribution in [3.05, 3.63) is 34.3 Å². The van der Waals surface area contributed by atoms with Gasteiger partial charge in [0.25, 0.3) is 0 Å². The van der Waals surface area contributed by atoms with Crippen LogP contribution in [0.15, 0.2) is 18.2 Å². The summed E-state index contributed by atoms with van der Waals surface area (Å²) in [6, 6.07) is 5.73. The van der Waals surface area contributed by atoms with Crippen molar-refractivity contribution in [1.29, 1.82) is 0 Å². The van der Waals surface area contributed by atoms with Gasteiger partial charge in [-0.2, -0.15) is 0 Å². The van der Waals surface area contributed by atoms with Gasteiger partial charge in [0.2, 0.25) is 0 Å². The van der Waals surface area contributed by atoms with Crippen LogP contribution < -0.4 is 0 Å². The molecule has 0 fully saturated rings. The van der Waals surface area contributed by atoms with E-state index in [0.29, 0.717) is 5.02 Å². The molecule has 2 heteroatoms. The molecule has 72 valence electrons. The number of rotatable bonds is 1. The topological polar surface area (TPSA) is 20.2 Å². The molecule has 0 aromatic heterocycles. The highest BCUT2D eigenvalue weighted by Crippen LogP contribution is 2.26. The van der Waals surface area contributed by atoms with Gasteiger partial charge >= 0.3 is 0 Å². The van der Waals surface area contributed by atoms with Gasteiger partial charge in [0.1, 0.15) is 0 Å². The van der Waals surface area contributed by atoms with E-state index in [4.69, 9.17) is 16.7 Å². The van der Waals surface area contributed by atoms with Crippen LogP contribution >= 0.6 is 11.6 Å². The van der Waals surface area contributed by atoms with Crippen LogP contribution in [0.4, 0.5) is 0 Å². The van der Waals surface area contributed by atoms with E-state index in [-0.39, 0.29) is 12.0 Å². The molecule has 1 rings (SSSR count). The number of aliphatic hydroxyl groups is 1. The molecule has 1 N–H and O–H groups in total. The van der Waals surface area contributed by atoms with E-state index in [1.54, 1.807) is 6.07 Å². The predicted octanol–water partition coefficient (Wildman–Crippen LogP) is 3.13. The maximum absolute atomic E-state index is 8.99. The van der Waals surface area contributed by atoms with Crippen molar-refractivity contribution in [3.63, 3.8) is 0 Å². The van der Waals surface area contributed by atoms with E-state index >= 15 is 0 Å². The highest BCUT2D eigenvalue weighted by molar-refractivity contribution is 6.30. The second-order valence-corrected chi connectivity index (χ2v) is 4.69. The Morgan fingerprint density at radius 2 is 1.85 bits per heavy atom. The standard InChI is InChI=1S/C11H15ClO/c1-11(2,3)9-4-8(7-13)5-10(12)6-9/h4-6,13H,7H2,1-3H3. The Morgan fingerprint density at radius 1 is 1.23 bits per heavy atom. The zero-order chi connectivity index (χ0) is 10.1.